The summed E-state index contributed by atoms with van der Waals surface area (Å²) >= 11 is 0. The number of benzene rings is 3. The highest BCUT2D eigenvalue weighted by molar-refractivity contribution is 6.10. The van der Waals surface area contributed by atoms with Gasteiger partial charge in [-0.05, 0) is 42.8 Å². The minimum atomic E-state index is -4.58. The van der Waals surface area contributed by atoms with Crippen molar-refractivity contribution < 1.29 is 22.4 Å². The van der Waals surface area contributed by atoms with E-state index in [0.29, 0.717) is 10.9 Å². The number of anilines is 1. The lowest BCUT2D eigenvalue weighted by molar-refractivity contribution is -0.137. The van der Waals surface area contributed by atoms with Crippen LogP contribution in [0.15, 0.2) is 82.0 Å². The van der Waals surface area contributed by atoms with Gasteiger partial charge in [-0.25, -0.2) is 0 Å². The Morgan fingerprint density at radius 2 is 1.66 bits per heavy atom. The van der Waals surface area contributed by atoms with Crippen molar-refractivity contribution in [3.63, 3.8) is 0 Å². The highest BCUT2D eigenvalue weighted by atomic mass is 19.4. The van der Waals surface area contributed by atoms with Crippen molar-refractivity contribution >= 4 is 22.6 Å². The molecule has 1 aromatic heterocycles. The van der Waals surface area contributed by atoms with Crippen LogP contribution in [0.3, 0.4) is 0 Å². The van der Waals surface area contributed by atoms with Crippen molar-refractivity contribution in [3.8, 4) is 0 Å². The first-order valence-electron chi connectivity index (χ1n) is 9.89. The molecule has 0 N–H and O–H groups in total. The van der Waals surface area contributed by atoms with E-state index in [4.69, 9.17) is 4.42 Å². The Morgan fingerprint density at radius 3 is 2.38 bits per heavy atom. The van der Waals surface area contributed by atoms with E-state index in [1.165, 1.54) is 17.0 Å². The zero-order chi connectivity index (χ0) is 22.6. The van der Waals surface area contributed by atoms with E-state index in [0.717, 1.165) is 17.7 Å². The molecule has 0 unspecified atom stereocenters. The molecule has 0 spiro atoms. The van der Waals surface area contributed by atoms with Crippen LogP contribution < -0.4 is 10.3 Å². The minimum absolute atomic E-state index is 0.0321. The average Bonchev–Trinajstić information content (AvgIpc) is 3.07. The number of amides is 1. The summed E-state index contributed by atoms with van der Waals surface area (Å²) in [4.78, 5) is 28.1. The van der Waals surface area contributed by atoms with E-state index in [1.807, 2.05) is 6.92 Å². The Labute approximate surface area is 180 Å². The van der Waals surface area contributed by atoms with Crippen LogP contribution >= 0.6 is 0 Å². The first-order chi connectivity index (χ1) is 15.3. The minimum Gasteiger partial charge on any atom is -0.450 e. The van der Waals surface area contributed by atoms with E-state index in [-0.39, 0.29) is 28.0 Å². The number of halogens is 3. The standard InChI is InChI=1S/C25H16F3NO3/c1-14-10-11-19-18(12-14)22(30)20-21(15-6-3-2-4-7-15)29(24(31)23(20)32-19)17-9-5-8-16(13-17)25(26,27)28/h2-13,21H,1H3/t21-/m1/s1. The van der Waals surface area contributed by atoms with E-state index in [9.17, 15) is 22.8 Å². The number of alkyl halides is 3. The normalized spacial score (nSPS) is 15.9. The molecule has 4 aromatic rings. The van der Waals surface area contributed by atoms with Gasteiger partial charge in [-0.3, -0.25) is 14.5 Å². The van der Waals surface area contributed by atoms with Gasteiger partial charge in [-0.1, -0.05) is 48.0 Å². The lowest BCUT2D eigenvalue weighted by atomic mass is 9.98. The zero-order valence-corrected chi connectivity index (χ0v) is 16.8. The van der Waals surface area contributed by atoms with Crippen LogP contribution in [-0.4, -0.2) is 5.91 Å². The van der Waals surface area contributed by atoms with Crippen LogP contribution in [0.1, 0.15) is 38.9 Å². The van der Waals surface area contributed by atoms with Gasteiger partial charge in [0.2, 0.25) is 5.76 Å². The topological polar surface area (TPSA) is 50.5 Å². The third-order valence-corrected chi connectivity index (χ3v) is 5.59. The number of hydrogen-bond acceptors (Lipinski definition) is 3. The molecule has 32 heavy (non-hydrogen) atoms. The SMILES string of the molecule is Cc1ccc2oc3c(c(=O)c2c1)[C@@H](c1ccccc1)N(c1cccc(C(F)(F)F)c1)C3=O. The number of nitrogens with zero attached hydrogens (tertiary/aromatic N) is 1. The van der Waals surface area contributed by atoms with Crippen LogP contribution in [0.25, 0.3) is 11.0 Å². The van der Waals surface area contributed by atoms with E-state index in [2.05, 4.69) is 0 Å². The molecule has 4 nitrogen and oxygen atoms in total. The summed E-state index contributed by atoms with van der Waals surface area (Å²) in [5.41, 5.74) is 0.593. The Kier molecular flexibility index (Phi) is 4.44. The monoisotopic (exact) mass is 435 g/mol. The number of fused-ring (bicyclic) bond motifs is 2. The smallest absolute Gasteiger partial charge is 0.416 e. The molecule has 5 rings (SSSR count). The number of aryl methyl sites for hydroxylation is 1. The molecule has 2 heterocycles. The Morgan fingerprint density at radius 1 is 0.906 bits per heavy atom. The molecular weight excluding hydrogens is 419 g/mol. The molecule has 160 valence electrons. The maximum absolute atomic E-state index is 13.5. The predicted molar refractivity (Wildman–Crippen MR) is 114 cm³/mol. The number of carbonyl (C=O) groups excluding carboxylic acids is 1. The van der Waals surface area contributed by atoms with Crippen LogP contribution in [-0.2, 0) is 6.18 Å². The number of hydrogen-bond donors (Lipinski definition) is 0. The van der Waals surface area contributed by atoms with Crippen molar-refractivity contribution in [1.29, 1.82) is 0 Å². The summed E-state index contributed by atoms with van der Waals surface area (Å²) in [6, 6.07) is 17.4. The van der Waals surface area contributed by atoms with Gasteiger partial charge in [-0.2, -0.15) is 13.2 Å². The van der Waals surface area contributed by atoms with Crippen LogP contribution in [0, 0.1) is 6.92 Å². The number of rotatable bonds is 2. The van der Waals surface area contributed by atoms with Gasteiger partial charge in [0, 0.05) is 5.69 Å². The molecule has 1 aliphatic rings. The number of carbonyl (C=O) groups is 1. The molecular formula is C25H16F3NO3. The van der Waals surface area contributed by atoms with E-state index < -0.39 is 23.7 Å². The Balaban J connectivity index is 1.80. The third-order valence-electron chi connectivity index (χ3n) is 5.59. The molecule has 0 saturated carbocycles. The van der Waals surface area contributed by atoms with Gasteiger partial charge in [0.1, 0.15) is 5.58 Å². The quantitative estimate of drug-likeness (QED) is 0.396. The lowest BCUT2D eigenvalue weighted by Gasteiger charge is -2.26. The summed E-state index contributed by atoms with van der Waals surface area (Å²) in [6.45, 7) is 1.83. The van der Waals surface area contributed by atoms with Gasteiger partial charge in [0.05, 0.1) is 22.6 Å². The van der Waals surface area contributed by atoms with Gasteiger partial charge in [0.25, 0.3) is 5.91 Å². The molecule has 0 saturated heterocycles. The van der Waals surface area contributed by atoms with E-state index >= 15 is 0 Å². The second kappa shape index (κ2) is 7.09. The summed E-state index contributed by atoms with van der Waals surface area (Å²) in [5, 5.41) is 0.323. The van der Waals surface area contributed by atoms with Crippen molar-refractivity contribution in [2.75, 3.05) is 4.90 Å². The average molecular weight is 435 g/mol. The predicted octanol–water partition coefficient (Wildman–Crippen LogP) is 5.87. The summed E-state index contributed by atoms with van der Waals surface area (Å²) in [6.07, 6.45) is -4.58. The van der Waals surface area contributed by atoms with Gasteiger partial charge in [0.15, 0.2) is 5.43 Å². The molecule has 7 heteroatoms. The maximum atomic E-state index is 13.5. The molecule has 0 aliphatic carbocycles. The Hall–Kier alpha value is -3.87. The van der Waals surface area contributed by atoms with Crippen LogP contribution in [0.4, 0.5) is 18.9 Å². The maximum Gasteiger partial charge on any atom is 0.416 e. The molecule has 0 fully saturated rings. The first kappa shape index (κ1) is 20.1. The summed E-state index contributed by atoms with van der Waals surface area (Å²) < 4.78 is 45.9. The molecule has 1 atom stereocenters. The highest BCUT2D eigenvalue weighted by Crippen LogP contribution is 2.42. The fourth-order valence-corrected chi connectivity index (χ4v) is 4.14. The molecule has 1 amide bonds. The zero-order valence-electron chi connectivity index (χ0n) is 16.8. The largest absolute Gasteiger partial charge is 0.450 e. The molecule has 1 aliphatic heterocycles. The summed E-state index contributed by atoms with van der Waals surface area (Å²) in [5.74, 6) is -0.814. The Bertz CT molecular complexity index is 1420. The van der Waals surface area contributed by atoms with Gasteiger partial charge >= 0.3 is 6.18 Å². The fraction of sp³-hybridized carbons (Fsp3) is 0.120. The second-order valence-corrected chi connectivity index (χ2v) is 7.71. The third kappa shape index (κ3) is 3.09. The lowest BCUT2D eigenvalue weighted by Crippen LogP contribution is -2.29. The van der Waals surface area contributed by atoms with Crippen molar-refractivity contribution in [3.05, 3.63) is 111 Å². The molecule has 3 aromatic carbocycles. The van der Waals surface area contributed by atoms with Crippen molar-refractivity contribution in [2.24, 2.45) is 0 Å². The van der Waals surface area contributed by atoms with Gasteiger partial charge < -0.3 is 4.42 Å². The summed E-state index contributed by atoms with van der Waals surface area (Å²) in [7, 11) is 0. The van der Waals surface area contributed by atoms with E-state index in [1.54, 1.807) is 48.5 Å². The highest BCUT2D eigenvalue weighted by Gasteiger charge is 2.44. The van der Waals surface area contributed by atoms with Crippen molar-refractivity contribution in [2.45, 2.75) is 19.1 Å². The molecule has 0 radical (unpaired) electrons. The van der Waals surface area contributed by atoms with Crippen LogP contribution in [0.5, 0.6) is 0 Å². The first-order valence-corrected chi connectivity index (χ1v) is 9.89. The molecule has 0 bridgehead atoms. The van der Waals surface area contributed by atoms with Gasteiger partial charge in [-0.15, -0.1) is 0 Å². The van der Waals surface area contributed by atoms with Crippen LogP contribution in [0.2, 0.25) is 0 Å². The fourth-order valence-electron chi connectivity index (χ4n) is 4.14. The second-order valence-electron chi connectivity index (χ2n) is 7.71. The van der Waals surface area contributed by atoms with Crippen molar-refractivity contribution in [1.82, 2.24) is 0 Å².